The monoisotopic (exact) mass is 442 g/mol. The minimum atomic E-state index is -0.247. The zero-order chi connectivity index (χ0) is 20.7. The van der Waals surface area contributed by atoms with E-state index in [2.05, 4.69) is 32.9 Å². The van der Waals surface area contributed by atoms with Gasteiger partial charge in [0.05, 0.1) is 12.2 Å². The summed E-state index contributed by atoms with van der Waals surface area (Å²) in [5, 5.41) is 8.38. The van der Waals surface area contributed by atoms with E-state index in [0.29, 0.717) is 19.6 Å². The first-order valence-corrected chi connectivity index (χ1v) is 11.9. The topological polar surface area (TPSA) is 49.3 Å². The number of aromatic nitrogens is 2. The molecule has 0 N–H and O–H groups in total. The zero-order valence-corrected chi connectivity index (χ0v) is 18.3. The molecule has 30 heavy (non-hydrogen) atoms. The predicted octanol–water partition coefficient (Wildman–Crippen LogP) is 4.07. The predicted molar refractivity (Wildman–Crippen MR) is 116 cm³/mol. The Morgan fingerprint density at radius 3 is 2.77 bits per heavy atom. The van der Waals surface area contributed by atoms with E-state index in [-0.39, 0.29) is 29.6 Å². The van der Waals surface area contributed by atoms with Crippen molar-refractivity contribution >= 4 is 28.8 Å². The van der Waals surface area contributed by atoms with Gasteiger partial charge in [0, 0.05) is 47.8 Å². The molecular weight excluding hydrogens is 419 g/mol. The van der Waals surface area contributed by atoms with Gasteiger partial charge in [-0.1, -0.05) is 16.6 Å². The van der Waals surface area contributed by atoms with Gasteiger partial charge in [0.2, 0.25) is 5.91 Å². The molecule has 0 aliphatic carbocycles. The van der Waals surface area contributed by atoms with E-state index in [0.717, 1.165) is 24.2 Å². The summed E-state index contributed by atoms with van der Waals surface area (Å²) in [6.07, 6.45) is 1.01. The number of rotatable bonds is 4. The highest BCUT2D eigenvalue weighted by atomic mass is 32.1. The van der Waals surface area contributed by atoms with E-state index in [1.807, 2.05) is 33.7 Å². The Morgan fingerprint density at radius 2 is 2.00 bits per heavy atom. The van der Waals surface area contributed by atoms with Gasteiger partial charge in [-0.2, -0.15) is 0 Å². The molecule has 1 aromatic carbocycles. The van der Waals surface area contributed by atoms with Crippen LogP contribution in [0.1, 0.15) is 46.5 Å². The lowest BCUT2D eigenvalue weighted by Gasteiger charge is -2.34. The van der Waals surface area contributed by atoms with Crippen molar-refractivity contribution in [2.45, 2.75) is 31.2 Å². The van der Waals surface area contributed by atoms with Crippen molar-refractivity contribution < 1.29 is 9.18 Å². The van der Waals surface area contributed by atoms with Crippen LogP contribution in [0.4, 0.5) is 4.39 Å². The minimum Gasteiger partial charge on any atom is -0.340 e. The first kappa shape index (κ1) is 19.8. The van der Waals surface area contributed by atoms with Crippen LogP contribution in [0.15, 0.2) is 41.1 Å². The summed E-state index contributed by atoms with van der Waals surface area (Å²) in [4.78, 5) is 18.9. The summed E-state index contributed by atoms with van der Waals surface area (Å²) in [5.74, 6) is 0.0860. The smallest absolute Gasteiger partial charge is 0.236 e. The summed E-state index contributed by atoms with van der Waals surface area (Å²) in [7, 11) is 0. The van der Waals surface area contributed by atoms with Crippen LogP contribution in [0.5, 0.6) is 0 Å². The molecule has 2 aliphatic rings. The van der Waals surface area contributed by atoms with Crippen molar-refractivity contribution in [3.8, 4) is 0 Å². The molecule has 156 valence electrons. The van der Waals surface area contributed by atoms with E-state index in [9.17, 15) is 9.18 Å². The summed E-state index contributed by atoms with van der Waals surface area (Å²) in [6, 6.07) is 9.08. The number of thiophene rings is 1. The summed E-state index contributed by atoms with van der Waals surface area (Å²) in [5.41, 5.74) is 3.31. The third-order valence-corrected chi connectivity index (χ3v) is 7.99. The Labute approximate surface area is 183 Å². The molecular formula is C22H23FN4OS2. The number of halogens is 1. The molecule has 0 bridgehead atoms. The van der Waals surface area contributed by atoms with Crippen LogP contribution in [0.3, 0.4) is 0 Å². The van der Waals surface area contributed by atoms with Crippen LogP contribution in [-0.4, -0.2) is 51.5 Å². The molecule has 1 amide bonds. The summed E-state index contributed by atoms with van der Waals surface area (Å²) >= 11 is 3.14. The number of likely N-dealkylation sites (tertiary alicyclic amines) is 1. The average Bonchev–Trinajstić information content (AvgIpc) is 3.50. The third kappa shape index (κ3) is 3.68. The van der Waals surface area contributed by atoms with Crippen LogP contribution in [0.2, 0.25) is 0 Å². The van der Waals surface area contributed by atoms with E-state index in [1.165, 1.54) is 34.1 Å². The number of hydrogen-bond donors (Lipinski definition) is 0. The fourth-order valence-corrected chi connectivity index (χ4v) is 6.22. The summed E-state index contributed by atoms with van der Waals surface area (Å²) < 4.78 is 17.5. The largest absolute Gasteiger partial charge is 0.340 e. The quantitative estimate of drug-likeness (QED) is 0.611. The number of fused-ring (bicyclic) bond motifs is 1. The third-order valence-electron chi connectivity index (χ3n) is 6.47. The van der Waals surface area contributed by atoms with Gasteiger partial charge in [-0.3, -0.25) is 9.69 Å². The first-order chi connectivity index (χ1) is 14.6. The van der Waals surface area contributed by atoms with Crippen LogP contribution in [-0.2, 0) is 11.2 Å². The van der Waals surface area contributed by atoms with Crippen LogP contribution in [0.25, 0.3) is 0 Å². The maximum atomic E-state index is 13.4. The summed E-state index contributed by atoms with van der Waals surface area (Å²) in [6.45, 7) is 4.77. The molecule has 0 unspecified atom stereocenters. The van der Waals surface area contributed by atoms with Gasteiger partial charge in [0.25, 0.3) is 0 Å². The molecule has 5 rings (SSSR count). The number of hydrogen-bond acceptors (Lipinski definition) is 6. The Bertz CT molecular complexity index is 1020. The highest BCUT2D eigenvalue weighted by molar-refractivity contribution is 7.10. The Balaban J connectivity index is 1.33. The number of nitrogens with zero attached hydrogens (tertiary/aromatic N) is 4. The van der Waals surface area contributed by atoms with Gasteiger partial charge in [0.15, 0.2) is 0 Å². The Morgan fingerprint density at radius 1 is 1.20 bits per heavy atom. The molecule has 5 nitrogen and oxygen atoms in total. The highest BCUT2D eigenvalue weighted by Gasteiger charge is 2.39. The van der Waals surface area contributed by atoms with E-state index >= 15 is 0 Å². The minimum absolute atomic E-state index is 0.0837. The number of carbonyl (C=O) groups excluding carboxylic acids is 1. The SMILES string of the molecule is C[C@H]1c2ccsc2CCN1CC(=O)N1C[C@@H](c2ccc(F)cc2)[C@H](c2csnn2)C1. The molecule has 1 saturated heterocycles. The van der Waals surface area contributed by atoms with Gasteiger partial charge in [-0.15, -0.1) is 16.4 Å². The van der Waals surface area contributed by atoms with Gasteiger partial charge >= 0.3 is 0 Å². The van der Waals surface area contributed by atoms with Crippen molar-refractivity contribution in [3.05, 3.63) is 68.6 Å². The molecule has 0 spiro atoms. The van der Waals surface area contributed by atoms with E-state index in [4.69, 9.17) is 0 Å². The number of carbonyl (C=O) groups is 1. The van der Waals surface area contributed by atoms with E-state index < -0.39 is 0 Å². The molecule has 0 radical (unpaired) electrons. The zero-order valence-electron chi connectivity index (χ0n) is 16.7. The second kappa shape index (κ2) is 8.17. The number of benzene rings is 1. The molecule has 3 atom stereocenters. The van der Waals surface area contributed by atoms with Gasteiger partial charge in [-0.05, 0) is 59.6 Å². The van der Waals surface area contributed by atoms with Crippen molar-refractivity contribution in [1.82, 2.24) is 19.4 Å². The average molecular weight is 443 g/mol. The highest BCUT2D eigenvalue weighted by Crippen LogP contribution is 2.40. The van der Waals surface area contributed by atoms with Crippen molar-refractivity contribution in [3.63, 3.8) is 0 Å². The second-order valence-corrected chi connectivity index (χ2v) is 9.70. The fourth-order valence-electron chi connectivity index (χ4n) is 4.74. The van der Waals surface area contributed by atoms with Gasteiger partial charge in [-0.25, -0.2) is 4.39 Å². The number of amides is 1. The molecule has 3 aromatic rings. The Hall–Kier alpha value is -2.16. The maximum absolute atomic E-state index is 13.4. The maximum Gasteiger partial charge on any atom is 0.236 e. The lowest BCUT2D eigenvalue weighted by Crippen LogP contribution is -2.42. The normalized spacial score (nSPS) is 24.2. The van der Waals surface area contributed by atoms with E-state index in [1.54, 1.807) is 0 Å². The molecule has 0 saturated carbocycles. The lowest BCUT2D eigenvalue weighted by molar-refractivity contribution is -0.132. The first-order valence-electron chi connectivity index (χ1n) is 10.2. The lowest BCUT2D eigenvalue weighted by atomic mass is 9.87. The second-order valence-electron chi connectivity index (χ2n) is 8.09. The van der Waals surface area contributed by atoms with Gasteiger partial charge < -0.3 is 4.90 Å². The van der Waals surface area contributed by atoms with Crippen LogP contribution >= 0.6 is 22.9 Å². The molecule has 4 heterocycles. The molecule has 2 aliphatic heterocycles. The van der Waals surface area contributed by atoms with Crippen molar-refractivity contribution in [1.29, 1.82) is 0 Å². The molecule has 8 heteroatoms. The van der Waals surface area contributed by atoms with Gasteiger partial charge in [0.1, 0.15) is 5.82 Å². The standard InChI is InChI=1S/C22H23FN4OS2/c1-14-17-7-9-29-21(17)6-8-26(14)12-22(28)27-10-18(15-2-4-16(23)5-3-15)19(11-27)20-13-30-25-24-20/h2-5,7,9,13-14,18-19H,6,8,10-12H2,1H3/t14-,18-,19+/m0/s1. The fraction of sp³-hybridized carbons (Fsp3) is 0.409. The Kier molecular flexibility index (Phi) is 5.39. The van der Waals surface area contributed by atoms with Crippen molar-refractivity contribution in [2.24, 2.45) is 0 Å². The van der Waals surface area contributed by atoms with Crippen LogP contribution in [0, 0.1) is 5.82 Å². The molecule has 1 fully saturated rings. The van der Waals surface area contributed by atoms with Crippen LogP contribution < -0.4 is 0 Å². The molecule has 2 aromatic heterocycles. The van der Waals surface area contributed by atoms with Crippen molar-refractivity contribution in [2.75, 3.05) is 26.2 Å².